The number of carbonyl (C=O) groups is 1. The molecular weight excluding hydrogens is 252 g/mol. The van der Waals surface area contributed by atoms with Crippen LogP contribution in [0, 0.1) is 17.2 Å². The molecule has 0 heterocycles. The van der Waals surface area contributed by atoms with Gasteiger partial charge in [0.05, 0.1) is 24.7 Å². The van der Waals surface area contributed by atoms with Crippen molar-refractivity contribution in [1.82, 2.24) is 0 Å². The van der Waals surface area contributed by atoms with Crippen LogP contribution in [0.3, 0.4) is 0 Å². The van der Waals surface area contributed by atoms with Crippen LogP contribution in [0.1, 0.15) is 18.1 Å². The molecule has 0 amide bonds. The zero-order chi connectivity index (χ0) is 12.8. The van der Waals surface area contributed by atoms with Gasteiger partial charge in [0, 0.05) is 6.04 Å². The lowest BCUT2D eigenvalue weighted by atomic mass is 9.95. The van der Waals surface area contributed by atoms with Crippen LogP contribution in [0.2, 0.25) is 0 Å². The first-order valence-corrected chi connectivity index (χ1v) is 5.41. The first-order valence-electron chi connectivity index (χ1n) is 5.41. The summed E-state index contributed by atoms with van der Waals surface area (Å²) < 4.78 is 4.65. The Labute approximate surface area is 113 Å². The number of nitrogens with zero attached hydrogens (tertiary/aromatic N) is 1. The van der Waals surface area contributed by atoms with Gasteiger partial charge in [-0.15, -0.1) is 12.4 Å². The van der Waals surface area contributed by atoms with Crippen LogP contribution < -0.4 is 5.73 Å². The van der Waals surface area contributed by atoms with Crippen molar-refractivity contribution in [3.8, 4) is 6.07 Å². The maximum absolute atomic E-state index is 11.3. The molecule has 0 saturated carbocycles. The zero-order valence-corrected chi connectivity index (χ0v) is 11.2. The van der Waals surface area contributed by atoms with E-state index in [9.17, 15) is 4.79 Å². The van der Waals surface area contributed by atoms with Gasteiger partial charge in [-0.1, -0.05) is 19.1 Å². The molecule has 4 nitrogen and oxygen atoms in total. The standard InChI is InChI=1S/C13H16N2O2.ClH/c1-9(13(16)17-2)12(15)7-10-3-5-11(8-14)6-4-10;/h3-6,9,12H,7,15H2,1-2H3;1H. The summed E-state index contributed by atoms with van der Waals surface area (Å²) in [6.45, 7) is 1.75. The van der Waals surface area contributed by atoms with E-state index in [1.165, 1.54) is 7.11 Å². The molecule has 0 aliphatic carbocycles. The monoisotopic (exact) mass is 268 g/mol. The number of nitrogens with two attached hydrogens (primary N) is 1. The van der Waals surface area contributed by atoms with Crippen LogP contribution >= 0.6 is 12.4 Å². The maximum atomic E-state index is 11.3. The number of nitriles is 1. The lowest BCUT2D eigenvalue weighted by Crippen LogP contribution is -2.36. The summed E-state index contributed by atoms with van der Waals surface area (Å²) in [5.74, 6) is -0.637. The summed E-state index contributed by atoms with van der Waals surface area (Å²) in [5.41, 5.74) is 7.55. The number of halogens is 1. The van der Waals surface area contributed by atoms with Gasteiger partial charge in [-0.25, -0.2) is 0 Å². The molecule has 0 fully saturated rings. The van der Waals surface area contributed by atoms with E-state index in [1.54, 1.807) is 19.1 Å². The molecule has 0 aromatic heterocycles. The zero-order valence-electron chi connectivity index (χ0n) is 10.4. The first kappa shape index (κ1) is 16.4. The molecule has 5 heteroatoms. The van der Waals surface area contributed by atoms with Crippen LogP contribution in [-0.2, 0) is 16.0 Å². The lowest BCUT2D eigenvalue weighted by Gasteiger charge is -2.17. The number of carbonyl (C=O) groups excluding carboxylic acids is 1. The molecule has 0 radical (unpaired) electrons. The molecule has 0 aliphatic heterocycles. The van der Waals surface area contributed by atoms with Crippen molar-refractivity contribution in [3.63, 3.8) is 0 Å². The van der Waals surface area contributed by atoms with E-state index < -0.39 is 0 Å². The summed E-state index contributed by atoms with van der Waals surface area (Å²) in [5, 5.41) is 8.67. The highest BCUT2D eigenvalue weighted by molar-refractivity contribution is 5.85. The van der Waals surface area contributed by atoms with Crippen molar-refractivity contribution in [2.45, 2.75) is 19.4 Å². The minimum absolute atomic E-state index is 0. The summed E-state index contributed by atoms with van der Waals surface area (Å²) in [6, 6.07) is 8.95. The topological polar surface area (TPSA) is 76.1 Å². The molecular formula is C13H17ClN2O2. The Hall–Kier alpha value is -1.57. The molecule has 1 aromatic rings. The van der Waals surface area contributed by atoms with E-state index in [1.807, 2.05) is 12.1 Å². The predicted molar refractivity (Wildman–Crippen MR) is 71.3 cm³/mol. The second-order valence-corrected chi connectivity index (χ2v) is 3.99. The summed E-state index contributed by atoms with van der Waals surface area (Å²) in [4.78, 5) is 11.3. The number of benzene rings is 1. The van der Waals surface area contributed by atoms with E-state index in [2.05, 4.69) is 10.8 Å². The van der Waals surface area contributed by atoms with E-state index in [-0.39, 0.29) is 30.3 Å². The second kappa shape index (κ2) is 7.70. The normalized spacial score (nSPS) is 12.8. The fourth-order valence-corrected chi connectivity index (χ4v) is 1.52. The van der Waals surface area contributed by atoms with Gasteiger partial charge in [-0.05, 0) is 24.1 Å². The Balaban J connectivity index is 0.00000289. The fraction of sp³-hybridized carbons (Fsp3) is 0.385. The fourth-order valence-electron chi connectivity index (χ4n) is 1.52. The summed E-state index contributed by atoms with van der Waals surface area (Å²) in [6.07, 6.45) is 0.585. The summed E-state index contributed by atoms with van der Waals surface area (Å²) >= 11 is 0. The van der Waals surface area contributed by atoms with Crippen LogP contribution in [0.25, 0.3) is 0 Å². The molecule has 0 bridgehead atoms. The molecule has 2 atom stereocenters. The van der Waals surface area contributed by atoms with Gasteiger partial charge < -0.3 is 10.5 Å². The first-order chi connectivity index (χ1) is 8.08. The molecule has 2 N–H and O–H groups in total. The van der Waals surface area contributed by atoms with Crippen molar-refractivity contribution in [2.75, 3.05) is 7.11 Å². The highest BCUT2D eigenvalue weighted by Crippen LogP contribution is 2.11. The molecule has 1 aromatic carbocycles. The molecule has 0 saturated heterocycles. The smallest absolute Gasteiger partial charge is 0.309 e. The van der Waals surface area contributed by atoms with Gasteiger partial charge in [-0.3, -0.25) is 4.79 Å². The van der Waals surface area contributed by atoms with Crippen molar-refractivity contribution in [3.05, 3.63) is 35.4 Å². The lowest BCUT2D eigenvalue weighted by molar-refractivity contribution is -0.145. The Bertz CT molecular complexity index is 426. The van der Waals surface area contributed by atoms with E-state index in [4.69, 9.17) is 11.0 Å². The van der Waals surface area contributed by atoms with E-state index in [0.29, 0.717) is 12.0 Å². The van der Waals surface area contributed by atoms with E-state index in [0.717, 1.165) is 5.56 Å². The van der Waals surface area contributed by atoms with Gasteiger partial charge in [-0.2, -0.15) is 5.26 Å². The molecule has 1 rings (SSSR count). The third-order valence-corrected chi connectivity index (χ3v) is 2.77. The maximum Gasteiger partial charge on any atom is 0.309 e. The molecule has 0 aliphatic rings. The van der Waals surface area contributed by atoms with Crippen LogP contribution in [0.5, 0.6) is 0 Å². The quantitative estimate of drug-likeness (QED) is 0.843. The summed E-state index contributed by atoms with van der Waals surface area (Å²) in [7, 11) is 1.35. The van der Waals surface area contributed by atoms with Gasteiger partial charge in [0.15, 0.2) is 0 Å². The van der Waals surface area contributed by atoms with Gasteiger partial charge in [0.25, 0.3) is 0 Å². The van der Waals surface area contributed by atoms with Gasteiger partial charge >= 0.3 is 5.97 Å². The van der Waals surface area contributed by atoms with Crippen LogP contribution in [0.4, 0.5) is 0 Å². The van der Waals surface area contributed by atoms with Gasteiger partial charge in [0.1, 0.15) is 0 Å². The number of esters is 1. The third-order valence-electron chi connectivity index (χ3n) is 2.77. The minimum atomic E-state index is -0.337. The molecule has 2 unspecified atom stereocenters. The Morgan fingerprint density at radius 3 is 2.44 bits per heavy atom. The number of ether oxygens (including phenoxy) is 1. The van der Waals surface area contributed by atoms with Crippen LogP contribution in [-0.4, -0.2) is 19.1 Å². The highest BCUT2D eigenvalue weighted by atomic mass is 35.5. The minimum Gasteiger partial charge on any atom is -0.469 e. The van der Waals surface area contributed by atoms with Crippen LogP contribution in [0.15, 0.2) is 24.3 Å². The molecule has 18 heavy (non-hydrogen) atoms. The number of methoxy groups -OCH3 is 1. The number of rotatable bonds is 4. The van der Waals surface area contributed by atoms with E-state index >= 15 is 0 Å². The number of hydrogen-bond acceptors (Lipinski definition) is 4. The third kappa shape index (κ3) is 4.36. The second-order valence-electron chi connectivity index (χ2n) is 3.99. The highest BCUT2D eigenvalue weighted by Gasteiger charge is 2.21. The van der Waals surface area contributed by atoms with Crippen molar-refractivity contribution in [1.29, 1.82) is 5.26 Å². The SMILES string of the molecule is COC(=O)C(C)C(N)Cc1ccc(C#N)cc1.Cl. The Morgan fingerprint density at radius 1 is 1.44 bits per heavy atom. The van der Waals surface area contributed by atoms with Crippen molar-refractivity contribution >= 4 is 18.4 Å². The van der Waals surface area contributed by atoms with Crippen molar-refractivity contribution in [2.24, 2.45) is 11.7 Å². The van der Waals surface area contributed by atoms with Gasteiger partial charge in [0.2, 0.25) is 0 Å². The number of hydrogen-bond donors (Lipinski definition) is 1. The largest absolute Gasteiger partial charge is 0.469 e. The average molecular weight is 269 g/mol. The Morgan fingerprint density at radius 2 is 2.00 bits per heavy atom. The average Bonchev–Trinajstić information content (AvgIpc) is 2.37. The molecule has 0 spiro atoms. The predicted octanol–water partition coefficient (Wildman–Crippen LogP) is 1.66. The van der Waals surface area contributed by atoms with Crippen molar-refractivity contribution < 1.29 is 9.53 Å². The Kier molecular flexibility index (Phi) is 7.03. The molecule has 98 valence electrons.